The van der Waals surface area contributed by atoms with Crippen molar-refractivity contribution < 1.29 is 0 Å². The molecule has 0 bridgehead atoms. The van der Waals surface area contributed by atoms with Gasteiger partial charge in [0.05, 0.1) is 0 Å². The Hall–Kier alpha value is -0.0800. The molecule has 0 aliphatic carbocycles. The van der Waals surface area contributed by atoms with Crippen LogP contribution in [0.3, 0.4) is 0 Å². The fourth-order valence-corrected chi connectivity index (χ4v) is 3.06. The van der Waals surface area contributed by atoms with Gasteiger partial charge in [0.15, 0.2) is 0 Å². The van der Waals surface area contributed by atoms with Gasteiger partial charge in [-0.3, -0.25) is 0 Å². The molecule has 0 aromatic carbocycles. The minimum atomic E-state index is 0.394. The lowest BCUT2D eigenvalue weighted by Crippen LogP contribution is -2.45. The van der Waals surface area contributed by atoms with Crippen molar-refractivity contribution in [1.29, 1.82) is 0 Å². The van der Waals surface area contributed by atoms with Gasteiger partial charge in [-0.1, -0.05) is 27.7 Å². The first kappa shape index (κ1) is 13.0. The normalized spacial score (nSPS) is 29.4. The Bertz CT molecular complexity index is 179. The van der Waals surface area contributed by atoms with Crippen molar-refractivity contribution in [2.24, 2.45) is 17.3 Å². The van der Waals surface area contributed by atoms with E-state index in [1.54, 1.807) is 0 Å². The van der Waals surface area contributed by atoms with Crippen LogP contribution in [0.5, 0.6) is 0 Å². The molecular formula is C13H28N2. The molecule has 2 atom stereocenters. The van der Waals surface area contributed by atoms with E-state index >= 15 is 0 Å². The summed E-state index contributed by atoms with van der Waals surface area (Å²) in [6.45, 7) is 14.4. The molecule has 2 unspecified atom stereocenters. The first-order valence-corrected chi connectivity index (χ1v) is 6.30. The molecule has 2 heteroatoms. The second kappa shape index (κ2) is 5.31. The van der Waals surface area contributed by atoms with Gasteiger partial charge < -0.3 is 10.2 Å². The molecule has 2 nitrogen and oxygen atoms in total. The van der Waals surface area contributed by atoms with E-state index in [9.17, 15) is 0 Å². The van der Waals surface area contributed by atoms with Crippen LogP contribution in [-0.2, 0) is 0 Å². The molecule has 0 radical (unpaired) electrons. The van der Waals surface area contributed by atoms with Gasteiger partial charge in [0.1, 0.15) is 0 Å². The molecular weight excluding hydrogens is 184 g/mol. The first-order valence-electron chi connectivity index (χ1n) is 6.30. The lowest BCUT2D eigenvalue weighted by atomic mass is 9.87. The van der Waals surface area contributed by atoms with Crippen LogP contribution in [0, 0.1) is 17.3 Å². The maximum Gasteiger partial charge on any atom is 0.00451 e. The molecule has 1 fully saturated rings. The van der Waals surface area contributed by atoms with Crippen molar-refractivity contribution in [1.82, 2.24) is 10.2 Å². The highest BCUT2D eigenvalue weighted by molar-refractivity contribution is 4.81. The summed E-state index contributed by atoms with van der Waals surface area (Å²) in [6, 6.07) is 0. The zero-order valence-corrected chi connectivity index (χ0v) is 11.1. The lowest BCUT2D eigenvalue weighted by Gasteiger charge is -2.39. The summed E-state index contributed by atoms with van der Waals surface area (Å²) in [5, 5.41) is 3.29. The van der Waals surface area contributed by atoms with Crippen LogP contribution in [-0.4, -0.2) is 38.1 Å². The number of likely N-dealkylation sites (tertiary alicyclic amines) is 1. The number of nitrogens with zero attached hydrogens (tertiary/aromatic N) is 1. The Labute approximate surface area is 95.4 Å². The van der Waals surface area contributed by atoms with Crippen molar-refractivity contribution in [2.75, 3.05) is 33.2 Å². The molecule has 0 amide bonds. The molecule has 1 rings (SSSR count). The van der Waals surface area contributed by atoms with E-state index in [0.29, 0.717) is 5.41 Å². The third-order valence-electron chi connectivity index (χ3n) is 3.25. The number of nitrogens with one attached hydrogen (secondary N) is 1. The van der Waals surface area contributed by atoms with Gasteiger partial charge >= 0.3 is 0 Å². The second-order valence-corrected chi connectivity index (χ2v) is 6.33. The van der Waals surface area contributed by atoms with E-state index in [4.69, 9.17) is 0 Å². The molecule has 1 aliphatic heterocycles. The third kappa shape index (κ3) is 4.52. The molecule has 1 aliphatic rings. The number of hydrogen-bond acceptors (Lipinski definition) is 2. The third-order valence-corrected chi connectivity index (χ3v) is 3.25. The number of hydrogen-bond donors (Lipinski definition) is 1. The van der Waals surface area contributed by atoms with E-state index in [1.807, 2.05) is 7.05 Å². The smallest absolute Gasteiger partial charge is 0.00451 e. The lowest BCUT2D eigenvalue weighted by molar-refractivity contribution is 0.0969. The van der Waals surface area contributed by atoms with Gasteiger partial charge in [-0.25, -0.2) is 0 Å². The van der Waals surface area contributed by atoms with Crippen LogP contribution in [0.1, 0.15) is 34.1 Å². The average Bonchev–Trinajstić information content (AvgIpc) is 1.99. The van der Waals surface area contributed by atoms with Crippen molar-refractivity contribution in [2.45, 2.75) is 34.1 Å². The van der Waals surface area contributed by atoms with E-state index in [2.05, 4.69) is 37.9 Å². The van der Waals surface area contributed by atoms with Crippen molar-refractivity contribution >= 4 is 0 Å². The van der Waals surface area contributed by atoms with Crippen LogP contribution < -0.4 is 5.32 Å². The summed E-state index contributed by atoms with van der Waals surface area (Å²) >= 11 is 0. The van der Waals surface area contributed by atoms with Gasteiger partial charge in [0.25, 0.3) is 0 Å². The molecule has 0 spiro atoms. The van der Waals surface area contributed by atoms with Gasteiger partial charge in [0, 0.05) is 26.2 Å². The van der Waals surface area contributed by atoms with E-state index < -0.39 is 0 Å². The molecule has 90 valence electrons. The topological polar surface area (TPSA) is 15.3 Å². The molecule has 1 N–H and O–H groups in total. The fourth-order valence-electron chi connectivity index (χ4n) is 3.06. The molecule has 0 aromatic heterocycles. The van der Waals surface area contributed by atoms with Gasteiger partial charge in [-0.05, 0) is 30.7 Å². The minimum absolute atomic E-state index is 0.394. The summed E-state index contributed by atoms with van der Waals surface area (Å²) in [7, 11) is 2.04. The minimum Gasteiger partial charge on any atom is -0.319 e. The average molecular weight is 212 g/mol. The highest BCUT2D eigenvalue weighted by atomic mass is 15.1. The summed E-state index contributed by atoms with van der Waals surface area (Å²) in [4.78, 5) is 2.65. The van der Waals surface area contributed by atoms with Crippen molar-refractivity contribution in [3.63, 3.8) is 0 Å². The Kier molecular flexibility index (Phi) is 4.60. The highest BCUT2D eigenvalue weighted by Crippen LogP contribution is 2.24. The Morgan fingerprint density at radius 2 is 1.73 bits per heavy atom. The van der Waals surface area contributed by atoms with Gasteiger partial charge in [-0.2, -0.15) is 0 Å². The van der Waals surface area contributed by atoms with Crippen molar-refractivity contribution in [3.8, 4) is 0 Å². The molecule has 1 heterocycles. The monoisotopic (exact) mass is 212 g/mol. The first-order chi connectivity index (χ1) is 6.93. The quantitative estimate of drug-likeness (QED) is 0.768. The van der Waals surface area contributed by atoms with Crippen LogP contribution in [0.15, 0.2) is 0 Å². The Morgan fingerprint density at radius 1 is 1.20 bits per heavy atom. The SMILES string of the molecule is CNCC(C)(C)CN1CC(C)CC(C)C1. The molecule has 1 saturated heterocycles. The molecule has 0 saturated carbocycles. The maximum absolute atomic E-state index is 3.29. The standard InChI is InChI=1S/C13H28N2/c1-11-6-12(2)8-15(7-11)10-13(3,4)9-14-5/h11-12,14H,6-10H2,1-5H3. The van der Waals surface area contributed by atoms with Crippen LogP contribution >= 0.6 is 0 Å². The van der Waals surface area contributed by atoms with Crippen LogP contribution in [0.25, 0.3) is 0 Å². The largest absolute Gasteiger partial charge is 0.319 e. The summed E-state index contributed by atoms with van der Waals surface area (Å²) in [6.07, 6.45) is 1.41. The van der Waals surface area contributed by atoms with Crippen molar-refractivity contribution in [3.05, 3.63) is 0 Å². The Balaban J connectivity index is 2.43. The van der Waals surface area contributed by atoms with Crippen LogP contribution in [0.2, 0.25) is 0 Å². The van der Waals surface area contributed by atoms with Gasteiger partial charge in [-0.15, -0.1) is 0 Å². The maximum atomic E-state index is 3.29. The van der Waals surface area contributed by atoms with Gasteiger partial charge in [0.2, 0.25) is 0 Å². The summed E-state index contributed by atoms with van der Waals surface area (Å²) in [5.41, 5.74) is 0.394. The number of piperidine rings is 1. The van der Waals surface area contributed by atoms with E-state index in [1.165, 1.54) is 26.1 Å². The van der Waals surface area contributed by atoms with E-state index in [-0.39, 0.29) is 0 Å². The summed E-state index contributed by atoms with van der Waals surface area (Å²) in [5.74, 6) is 1.75. The molecule has 0 aromatic rings. The highest BCUT2D eigenvalue weighted by Gasteiger charge is 2.26. The zero-order valence-electron chi connectivity index (χ0n) is 11.1. The second-order valence-electron chi connectivity index (χ2n) is 6.33. The zero-order chi connectivity index (χ0) is 11.5. The van der Waals surface area contributed by atoms with E-state index in [0.717, 1.165) is 18.4 Å². The Morgan fingerprint density at radius 3 is 2.20 bits per heavy atom. The number of rotatable bonds is 4. The van der Waals surface area contributed by atoms with Crippen LogP contribution in [0.4, 0.5) is 0 Å². The predicted octanol–water partition coefficient (Wildman–Crippen LogP) is 2.21. The predicted molar refractivity (Wildman–Crippen MR) is 67.1 cm³/mol. The fraction of sp³-hybridized carbons (Fsp3) is 1.00. The summed E-state index contributed by atoms with van der Waals surface area (Å²) < 4.78 is 0. The molecule has 15 heavy (non-hydrogen) atoms.